The van der Waals surface area contributed by atoms with Crippen molar-refractivity contribution in [2.45, 2.75) is 6.10 Å². The van der Waals surface area contributed by atoms with Crippen LogP contribution in [0.15, 0.2) is 66.7 Å². The van der Waals surface area contributed by atoms with E-state index in [1.165, 1.54) is 0 Å². The summed E-state index contributed by atoms with van der Waals surface area (Å²) in [5.41, 5.74) is 2.81. The number of aliphatic hydroxyl groups is 1. The maximum atomic E-state index is 10.9. The second kappa shape index (κ2) is 4.97. The van der Waals surface area contributed by atoms with Crippen LogP contribution in [0.3, 0.4) is 0 Å². The van der Waals surface area contributed by atoms with Crippen molar-refractivity contribution in [1.82, 2.24) is 9.55 Å². The largest absolute Gasteiger partial charge is 0.380 e. The van der Waals surface area contributed by atoms with Crippen molar-refractivity contribution in [3.8, 4) is 0 Å². The van der Waals surface area contributed by atoms with Crippen molar-refractivity contribution in [2.24, 2.45) is 7.05 Å². The van der Waals surface area contributed by atoms with E-state index in [2.05, 4.69) is 17.1 Å². The van der Waals surface area contributed by atoms with Crippen LogP contribution in [0.2, 0.25) is 0 Å². The summed E-state index contributed by atoms with van der Waals surface area (Å²) in [7, 11) is 1.94. The van der Waals surface area contributed by atoms with Crippen molar-refractivity contribution in [3.63, 3.8) is 0 Å². The van der Waals surface area contributed by atoms with Gasteiger partial charge < -0.3 is 9.67 Å². The first-order chi connectivity index (χ1) is 10.8. The molecule has 3 aromatic carbocycles. The van der Waals surface area contributed by atoms with Gasteiger partial charge in [0, 0.05) is 7.05 Å². The molecule has 0 radical (unpaired) electrons. The number of aliphatic hydroxyl groups excluding tert-OH is 1. The monoisotopic (exact) mass is 288 g/mol. The molecule has 3 heteroatoms. The highest BCUT2D eigenvalue weighted by Gasteiger charge is 2.19. The molecule has 0 amide bonds. The number of aromatic nitrogens is 2. The molecule has 0 spiro atoms. The molecule has 1 N–H and O–H groups in total. The minimum absolute atomic E-state index is 0.664. The standard InChI is InChI=1S/C19H16N2O/c1-21-17-12-5-4-11-16(17)20-19(21)18(22)15-10-6-8-13-7-2-3-9-14(13)15/h2-12,18,22H,1H3/t18-/m0/s1. The number of aryl methyl sites for hydroxylation is 1. The smallest absolute Gasteiger partial charge is 0.143 e. The van der Waals surface area contributed by atoms with Gasteiger partial charge in [-0.05, 0) is 28.5 Å². The van der Waals surface area contributed by atoms with E-state index in [9.17, 15) is 5.11 Å². The molecule has 0 bridgehead atoms. The zero-order valence-electron chi connectivity index (χ0n) is 12.3. The fourth-order valence-corrected chi connectivity index (χ4v) is 3.04. The average Bonchev–Trinajstić information content (AvgIpc) is 2.91. The lowest BCUT2D eigenvalue weighted by atomic mass is 10.00. The topological polar surface area (TPSA) is 38.0 Å². The molecule has 4 rings (SSSR count). The Hall–Kier alpha value is -2.65. The van der Waals surface area contributed by atoms with E-state index in [-0.39, 0.29) is 0 Å². The van der Waals surface area contributed by atoms with Crippen molar-refractivity contribution in [3.05, 3.63) is 78.1 Å². The molecule has 1 aromatic heterocycles. The zero-order valence-corrected chi connectivity index (χ0v) is 12.3. The van der Waals surface area contributed by atoms with Crippen molar-refractivity contribution >= 4 is 21.8 Å². The maximum Gasteiger partial charge on any atom is 0.143 e. The third kappa shape index (κ3) is 1.90. The second-order valence-corrected chi connectivity index (χ2v) is 5.49. The summed E-state index contributed by atoms with van der Waals surface area (Å²) >= 11 is 0. The van der Waals surface area contributed by atoms with Gasteiger partial charge in [-0.1, -0.05) is 54.6 Å². The van der Waals surface area contributed by atoms with E-state index in [0.717, 1.165) is 27.4 Å². The van der Waals surface area contributed by atoms with E-state index >= 15 is 0 Å². The highest BCUT2D eigenvalue weighted by Crippen LogP contribution is 2.29. The molecule has 0 saturated carbocycles. The van der Waals surface area contributed by atoms with Crippen molar-refractivity contribution in [2.75, 3.05) is 0 Å². The average molecular weight is 288 g/mol. The van der Waals surface area contributed by atoms with E-state index in [0.29, 0.717) is 5.82 Å². The number of para-hydroxylation sites is 2. The lowest BCUT2D eigenvalue weighted by Gasteiger charge is -2.14. The second-order valence-electron chi connectivity index (χ2n) is 5.49. The van der Waals surface area contributed by atoms with Gasteiger partial charge in [-0.25, -0.2) is 4.98 Å². The summed E-state index contributed by atoms with van der Waals surface area (Å²) in [6, 6.07) is 22.0. The minimum Gasteiger partial charge on any atom is -0.380 e. The number of nitrogens with zero attached hydrogens (tertiary/aromatic N) is 2. The van der Waals surface area contributed by atoms with Crippen LogP contribution in [0, 0.1) is 0 Å². The number of rotatable bonds is 2. The van der Waals surface area contributed by atoms with E-state index < -0.39 is 6.10 Å². The Bertz CT molecular complexity index is 966. The van der Waals surface area contributed by atoms with E-state index in [4.69, 9.17) is 0 Å². The van der Waals surface area contributed by atoms with Gasteiger partial charge in [-0.3, -0.25) is 0 Å². The SMILES string of the molecule is Cn1c([C@@H](O)c2cccc3ccccc23)nc2ccccc21. The zero-order chi connectivity index (χ0) is 15.1. The number of fused-ring (bicyclic) bond motifs is 2. The third-order valence-corrected chi connectivity index (χ3v) is 4.18. The van der Waals surface area contributed by atoms with Crippen LogP contribution in [0.5, 0.6) is 0 Å². The molecule has 4 aromatic rings. The van der Waals surface area contributed by atoms with Gasteiger partial charge in [0.05, 0.1) is 11.0 Å². The van der Waals surface area contributed by atoms with Gasteiger partial charge in [-0.15, -0.1) is 0 Å². The Kier molecular flexibility index (Phi) is 2.94. The predicted octanol–water partition coefficient (Wildman–Crippen LogP) is 3.81. The van der Waals surface area contributed by atoms with Gasteiger partial charge in [0.1, 0.15) is 11.9 Å². The van der Waals surface area contributed by atoms with Crippen LogP contribution in [-0.4, -0.2) is 14.7 Å². The van der Waals surface area contributed by atoms with E-state index in [1.54, 1.807) is 0 Å². The molecule has 0 aliphatic heterocycles. The molecule has 0 fully saturated rings. The molecule has 1 heterocycles. The summed E-state index contributed by atoms with van der Waals surface area (Å²) in [6.45, 7) is 0. The molecule has 22 heavy (non-hydrogen) atoms. The summed E-state index contributed by atoms with van der Waals surface area (Å²) in [5.74, 6) is 0.664. The molecule has 0 unspecified atom stereocenters. The fourth-order valence-electron chi connectivity index (χ4n) is 3.04. The van der Waals surface area contributed by atoms with Gasteiger partial charge >= 0.3 is 0 Å². The highest BCUT2D eigenvalue weighted by atomic mass is 16.3. The van der Waals surface area contributed by atoms with E-state index in [1.807, 2.05) is 66.2 Å². The van der Waals surface area contributed by atoms with Gasteiger partial charge in [-0.2, -0.15) is 0 Å². The fraction of sp³-hybridized carbons (Fsp3) is 0.105. The Morgan fingerprint density at radius 3 is 2.50 bits per heavy atom. The van der Waals surface area contributed by atoms with Gasteiger partial charge in [0.2, 0.25) is 0 Å². The highest BCUT2D eigenvalue weighted by molar-refractivity contribution is 5.86. The molecular weight excluding hydrogens is 272 g/mol. The van der Waals surface area contributed by atoms with Gasteiger partial charge in [0.25, 0.3) is 0 Å². The van der Waals surface area contributed by atoms with Crippen LogP contribution >= 0.6 is 0 Å². The molecule has 0 aliphatic rings. The van der Waals surface area contributed by atoms with Crippen LogP contribution in [-0.2, 0) is 7.05 Å². The Labute approximate surface area is 128 Å². The quantitative estimate of drug-likeness (QED) is 0.609. The van der Waals surface area contributed by atoms with Crippen LogP contribution in [0.4, 0.5) is 0 Å². The van der Waals surface area contributed by atoms with Crippen LogP contribution in [0.25, 0.3) is 21.8 Å². The first-order valence-electron chi connectivity index (χ1n) is 7.33. The Morgan fingerprint density at radius 1 is 0.909 bits per heavy atom. The van der Waals surface area contributed by atoms with Crippen molar-refractivity contribution in [1.29, 1.82) is 0 Å². The maximum absolute atomic E-state index is 10.9. The van der Waals surface area contributed by atoms with Crippen LogP contribution in [0.1, 0.15) is 17.5 Å². The molecule has 0 saturated heterocycles. The third-order valence-electron chi connectivity index (χ3n) is 4.18. The van der Waals surface area contributed by atoms with Crippen molar-refractivity contribution < 1.29 is 5.11 Å². The number of hydrogen-bond donors (Lipinski definition) is 1. The summed E-state index contributed by atoms with van der Waals surface area (Å²) in [6.07, 6.45) is -0.747. The number of imidazole rings is 1. The Morgan fingerprint density at radius 2 is 1.64 bits per heavy atom. The lowest BCUT2D eigenvalue weighted by molar-refractivity contribution is 0.208. The molecule has 1 atom stereocenters. The number of benzene rings is 3. The number of hydrogen-bond acceptors (Lipinski definition) is 2. The molecule has 0 aliphatic carbocycles. The minimum atomic E-state index is -0.747. The summed E-state index contributed by atoms with van der Waals surface area (Å²) in [4.78, 5) is 4.61. The Balaban J connectivity index is 1.92. The first kappa shape index (κ1) is 13.0. The molecule has 3 nitrogen and oxygen atoms in total. The normalized spacial score (nSPS) is 12.8. The van der Waals surface area contributed by atoms with Gasteiger partial charge in [0.15, 0.2) is 0 Å². The predicted molar refractivity (Wildman–Crippen MR) is 88.7 cm³/mol. The molecular formula is C19H16N2O. The first-order valence-corrected chi connectivity index (χ1v) is 7.33. The van der Waals surface area contributed by atoms with Crippen LogP contribution < -0.4 is 0 Å². The molecule has 108 valence electrons. The summed E-state index contributed by atoms with van der Waals surface area (Å²) < 4.78 is 1.96. The lowest BCUT2D eigenvalue weighted by Crippen LogP contribution is -2.07. The summed E-state index contributed by atoms with van der Waals surface area (Å²) in [5, 5.41) is 13.1.